The second-order valence-corrected chi connectivity index (χ2v) is 10.9. The highest BCUT2D eigenvalue weighted by Gasteiger charge is 2.42. The fourth-order valence-electron chi connectivity index (χ4n) is 4.56. The molecule has 8 nitrogen and oxygen atoms in total. The Morgan fingerprint density at radius 1 is 0.872 bits per heavy atom. The molecule has 39 heavy (non-hydrogen) atoms. The number of rotatable bonds is 11. The summed E-state index contributed by atoms with van der Waals surface area (Å²) < 4.78 is 15.9. The molecule has 0 fully saturated rings. The van der Waals surface area contributed by atoms with E-state index < -0.39 is 42.0 Å². The van der Waals surface area contributed by atoms with Gasteiger partial charge >= 0.3 is 17.9 Å². The fourth-order valence-corrected chi connectivity index (χ4v) is 4.56. The van der Waals surface area contributed by atoms with Gasteiger partial charge in [-0.2, -0.15) is 0 Å². The van der Waals surface area contributed by atoms with Crippen LogP contribution in [0.15, 0.2) is 54.6 Å². The van der Waals surface area contributed by atoms with Gasteiger partial charge in [-0.05, 0) is 57.2 Å². The topological polar surface area (TPSA) is 99.2 Å². The number of hydrogen-bond acceptors (Lipinski definition) is 7. The van der Waals surface area contributed by atoms with Crippen LogP contribution in [0, 0.1) is 17.3 Å². The Bertz CT molecular complexity index is 1160. The van der Waals surface area contributed by atoms with Crippen molar-refractivity contribution in [3.8, 4) is 0 Å². The smallest absolute Gasteiger partial charge is 0.332 e. The number of para-hydroxylation sites is 1. The number of benzene rings is 2. The predicted octanol–water partition coefficient (Wildman–Crippen LogP) is 5.22. The molecule has 0 aliphatic carbocycles. The van der Waals surface area contributed by atoms with E-state index in [0.29, 0.717) is 31.4 Å². The number of esters is 3. The average molecular weight is 538 g/mol. The maximum Gasteiger partial charge on any atom is 0.332 e. The highest BCUT2D eigenvalue weighted by molar-refractivity contribution is 6.03. The molecule has 2 aromatic carbocycles. The Morgan fingerprint density at radius 2 is 1.51 bits per heavy atom. The van der Waals surface area contributed by atoms with E-state index in [1.807, 2.05) is 62.4 Å². The van der Waals surface area contributed by atoms with Crippen molar-refractivity contribution in [3.05, 3.63) is 65.7 Å². The summed E-state index contributed by atoms with van der Waals surface area (Å²) in [4.78, 5) is 53.4. The molecule has 0 saturated heterocycles. The van der Waals surface area contributed by atoms with E-state index in [1.54, 1.807) is 26.8 Å². The Kier molecular flexibility index (Phi) is 10.3. The minimum absolute atomic E-state index is 0.175. The molecule has 0 N–H and O–H groups in total. The molecule has 210 valence electrons. The van der Waals surface area contributed by atoms with Crippen molar-refractivity contribution in [2.24, 2.45) is 17.3 Å². The lowest BCUT2D eigenvalue weighted by atomic mass is 9.89. The number of hydrogen-bond donors (Lipinski definition) is 0. The van der Waals surface area contributed by atoms with Crippen LogP contribution < -0.4 is 4.90 Å². The normalized spacial score (nSPS) is 16.1. The van der Waals surface area contributed by atoms with E-state index in [9.17, 15) is 19.2 Å². The van der Waals surface area contributed by atoms with Gasteiger partial charge in [0.15, 0.2) is 0 Å². The summed E-state index contributed by atoms with van der Waals surface area (Å²) in [5.41, 5.74) is 1.66. The molecule has 2 aromatic rings. The largest absolute Gasteiger partial charge is 0.461 e. The Balaban J connectivity index is 1.71. The molecule has 1 heterocycles. The minimum atomic E-state index is -0.887. The third kappa shape index (κ3) is 7.68. The van der Waals surface area contributed by atoms with Crippen molar-refractivity contribution in [2.75, 3.05) is 11.7 Å². The molecular formula is C31H39NO7. The van der Waals surface area contributed by atoms with Gasteiger partial charge in [0.2, 0.25) is 12.7 Å². The zero-order chi connectivity index (χ0) is 28.6. The van der Waals surface area contributed by atoms with E-state index in [2.05, 4.69) is 0 Å². The second-order valence-electron chi connectivity index (χ2n) is 10.9. The SMILES string of the molecule is CC[C@H](C[C@@H](CC)C(=O)N1c2ccccc2C[C@H]1C(=O)OCOC(=O)C(C)(C)C)C(=O)OCc1ccccc1. The summed E-state index contributed by atoms with van der Waals surface area (Å²) >= 11 is 0. The van der Waals surface area contributed by atoms with Gasteiger partial charge < -0.3 is 14.2 Å². The Morgan fingerprint density at radius 3 is 2.15 bits per heavy atom. The first-order chi connectivity index (χ1) is 18.6. The second kappa shape index (κ2) is 13.4. The van der Waals surface area contributed by atoms with Crippen LogP contribution in [0.2, 0.25) is 0 Å². The van der Waals surface area contributed by atoms with Gasteiger partial charge in [0.05, 0.1) is 11.3 Å². The lowest BCUT2D eigenvalue weighted by Crippen LogP contribution is -2.47. The van der Waals surface area contributed by atoms with Crippen molar-refractivity contribution >= 4 is 29.5 Å². The van der Waals surface area contributed by atoms with Crippen LogP contribution in [0.3, 0.4) is 0 Å². The van der Waals surface area contributed by atoms with Gasteiger partial charge in [-0.3, -0.25) is 19.3 Å². The number of ether oxygens (including phenoxy) is 3. The monoisotopic (exact) mass is 537 g/mol. The molecule has 1 aliphatic rings. The number of fused-ring (bicyclic) bond motifs is 1. The summed E-state index contributed by atoms with van der Waals surface area (Å²) in [6, 6.07) is 15.9. The van der Waals surface area contributed by atoms with E-state index in [1.165, 1.54) is 4.90 Å². The van der Waals surface area contributed by atoms with Crippen LogP contribution in [-0.2, 0) is 46.4 Å². The van der Waals surface area contributed by atoms with Gasteiger partial charge in [0.1, 0.15) is 12.6 Å². The molecule has 0 unspecified atom stereocenters. The summed E-state index contributed by atoms with van der Waals surface area (Å²) in [5, 5.41) is 0. The lowest BCUT2D eigenvalue weighted by Gasteiger charge is -2.29. The van der Waals surface area contributed by atoms with E-state index in [-0.39, 0.29) is 18.5 Å². The first-order valence-electron chi connectivity index (χ1n) is 13.5. The fraction of sp³-hybridized carbons (Fsp3) is 0.484. The van der Waals surface area contributed by atoms with E-state index in [0.717, 1.165) is 11.1 Å². The predicted molar refractivity (Wildman–Crippen MR) is 146 cm³/mol. The summed E-state index contributed by atoms with van der Waals surface area (Å²) in [7, 11) is 0. The van der Waals surface area contributed by atoms with Gasteiger partial charge in [0, 0.05) is 18.0 Å². The van der Waals surface area contributed by atoms with E-state index in [4.69, 9.17) is 14.2 Å². The van der Waals surface area contributed by atoms with E-state index >= 15 is 0 Å². The lowest BCUT2D eigenvalue weighted by molar-refractivity contribution is -0.174. The number of amides is 1. The molecule has 3 rings (SSSR count). The molecule has 0 spiro atoms. The summed E-state index contributed by atoms with van der Waals surface area (Å²) in [6.45, 7) is 8.56. The van der Waals surface area contributed by atoms with Crippen LogP contribution in [-0.4, -0.2) is 36.6 Å². The quantitative estimate of drug-likeness (QED) is 0.286. The van der Waals surface area contributed by atoms with Crippen molar-refractivity contribution < 1.29 is 33.4 Å². The summed E-state index contributed by atoms with van der Waals surface area (Å²) in [5.74, 6) is -2.68. The van der Waals surface area contributed by atoms with Gasteiger partial charge in [0.25, 0.3) is 0 Å². The number of anilines is 1. The first kappa shape index (κ1) is 29.9. The van der Waals surface area contributed by atoms with Crippen molar-refractivity contribution in [1.82, 2.24) is 0 Å². The molecular weight excluding hydrogens is 498 g/mol. The Hall–Kier alpha value is -3.68. The molecule has 8 heteroatoms. The molecule has 0 radical (unpaired) electrons. The third-order valence-electron chi connectivity index (χ3n) is 6.95. The van der Waals surface area contributed by atoms with Crippen molar-refractivity contribution in [2.45, 2.75) is 73.0 Å². The molecule has 1 amide bonds. The maximum atomic E-state index is 13.9. The number of carbonyl (C=O) groups is 4. The molecule has 3 atom stereocenters. The molecule has 0 bridgehead atoms. The highest BCUT2D eigenvalue weighted by Crippen LogP contribution is 2.35. The highest BCUT2D eigenvalue weighted by atomic mass is 16.7. The number of nitrogens with zero attached hydrogens (tertiary/aromatic N) is 1. The van der Waals surface area contributed by atoms with Crippen molar-refractivity contribution in [1.29, 1.82) is 0 Å². The standard InChI is InChI=1S/C31H39NO7/c1-6-22(17-23(7-2)28(34)37-19-21-13-9-8-10-14-21)27(33)32-25-16-12-11-15-24(25)18-26(32)29(35)38-20-39-30(36)31(3,4)5/h8-16,22-23,26H,6-7,17-20H2,1-5H3/t22-,23-,26+/m1/s1. The van der Waals surface area contributed by atoms with Crippen molar-refractivity contribution in [3.63, 3.8) is 0 Å². The Labute approximate surface area is 230 Å². The van der Waals surface area contributed by atoms with Crippen LogP contribution in [0.25, 0.3) is 0 Å². The van der Waals surface area contributed by atoms with Crippen LogP contribution >= 0.6 is 0 Å². The van der Waals surface area contributed by atoms with Crippen LogP contribution in [0.5, 0.6) is 0 Å². The number of carbonyl (C=O) groups excluding carboxylic acids is 4. The van der Waals surface area contributed by atoms with Crippen LogP contribution in [0.4, 0.5) is 5.69 Å². The minimum Gasteiger partial charge on any atom is -0.461 e. The maximum absolute atomic E-state index is 13.9. The third-order valence-corrected chi connectivity index (χ3v) is 6.95. The zero-order valence-electron chi connectivity index (χ0n) is 23.5. The van der Waals surface area contributed by atoms with Crippen LogP contribution in [0.1, 0.15) is 65.0 Å². The van der Waals surface area contributed by atoms with Gasteiger partial charge in [-0.1, -0.05) is 62.4 Å². The zero-order valence-corrected chi connectivity index (χ0v) is 23.5. The van der Waals surface area contributed by atoms with Gasteiger partial charge in [-0.15, -0.1) is 0 Å². The molecule has 1 aliphatic heterocycles. The molecule has 0 aromatic heterocycles. The molecule has 0 saturated carbocycles. The first-order valence-corrected chi connectivity index (χ1v) is 13.5. The average Bonchev–Trinajstić information content (AvgIpc) is 3.32. The van der Waals surface area contributed by atoms with Gasteiger partial charge in [-0.25, -0.2) is 4.79 Å². The summed E-state index contributed by atoms with van der Waals surface area (Å²) in [6.07, 6.45) is 1.62.